The highest BCUT2D eigenvalue weighted by Gasteiger charge is 2.29. The number of hydrogen-bond acceptors (Lipinski definition) is 3. The molecule has 2 aromatic carbocycles. The number of primary amides is 1. The Hall–Kier alpha value is -2.93. The van der Waals surface area contributed by atoms with Crippen LogP contribution in [-0.4, -0.2) is 35.8 Å². The van der Waals surface area contributed by atoms with Crippen LogP contribution < -0.4 is 10.6 Å². The van der Waals surface area contributed by atoms with E-state index in [1.807, 2.05) is 0 Å². The molecule has 2 aromatic rings. The van der Waals surface area contributed by atoms with Crippen molar-refractivity contribution in [2.24, 2.45) is 5.73 Å². The van der Waals surface area contributed by atoms with Crippen molar-refractivity contribution in [2.45, 2.75) is 12.8 Å². The Morgan fingerprint density at radius 2 is 1.89 bits per heavy atom. The lowest BCUT2D eigenvalue weighted by Crippen LogP contribution is -2.42. The molecule has 0 radical (unpaired) electrons. The molecule has 0 spiro atoms. The Kier molecular flexibility index (Phi) is 5.41. The predicted molar refractivity (Wildman–Crippen MR) is 99.0 cm³/mol. The average molecular weight is 390 g/mol. The van der Waals surface area contributed by atoms with E-state index in [2.05, 4.69) is 0 Å². The van der Waals surface area contributed by atoms with Crippen LogP contribution in [-0.2, 0) is 4.79 Å². The summed E-state index contributed by atoms with van der Waals surface area (Å²) in [7, 11) is 0. The molecule has 3 rings (SSSR count). The number of amides is 3. The van der Waals surface area contributed by atoms with Crippen LogP contribution in [0.25, 0.3) is 0 Å². The number of carbonyl (C=O) groups is 3. The number of hydrogen-bond donors (Lipinski definition) is 1. The van der Waals surface area contributed by atoms with Crippen LogP contribution in [0.3, 0.4) is 0 Å². The molecule has 1 aliphatic heterocycles. The molecule has 0 bridgehead atoms. The highest BCUT2D eigenvalue weighted by atomic mass is 35.5. The van der Waals surface area contributed by atoms with Crippen LogP contribution >= 0.6 is 11.6 Å². The molecule has 0 saturated carbocycles. The minimum atomic E-state index is -0.751. The van der Waals surface area contributed by atoms with Gasteiger partial charge in [0.15, 0.2) is 0 Å². The molecule has 140 valence electrons. The minimum absolute atomic E-state index is 0.0218. The second-order valence-electron chi connectivity index (χ2n) is 6.14. The molecule has 1 fully saturated rings. The third kappa shape index (κ3) is 3.93. The molecule has 6 nitrogen and oxygen atoms in total. The van der Waals surface area contributed by atoms with Gasteiger partial charge in [-0.25, -0.2) is 4.39 Å². The Labute approximate surface area is 160 Å². The van der Waals surface area contributed by atoms with E-state index in [0.717, 1.165) is 6.07 Å². The standard InChI is InChI=1S/C19H17ClFN3O3/c20-14-3-1-4-15(21)17(14)19(27)24(11-23-10-2-5-16(23)25)13-8-6-12(7-9-13)18(22)26/h1,3-4,6-9H,2,5,10-11H2,(H2,22,26). The summed E-state index contributed by atoms with van der Waals surface area (Å²) >= 11 is 6.04. The second kappa shape index (κ2) is 7.75. The van der Waals surface area contributed by atoms with Gasteiger partial charge in [0.05, 0.1) is 10.6 Å². The molecule has 27 heavy (non-hydrogen) atoms. The summed E-state index contributed by atoms with van der Waals surface area (Å²) in [5, 5.41) is -0.0218. The molecule has 8 heteroatoms. The van der Waals surface area contributed by atoms with Crippen LogP contribution in [0, 0.1) is 5.82 Å². The summed E-state index contributed by atoms with van der Waals surface area (Å²) in [6.45, 7) is 0.464. The van der Waals surface area contributed by atoms with Crippen molar-refractivity contribution < 1.29 is 18.8 Å². The van der Waals surface area contributed by atoms with Crippen molar-refractivity contribution in [3.05, 3.63) is 64.4 Å². The Morgan fingerprint density at radius 3 is 2.44 bits per heavy atom. The molecule has 0 aromatic heterocycles. The zero-order chi connectivity index (χ0) is 19.6. The Bertz CT molecular complexity index is 881. The predicted octanol–water partition coefficient (Wildman–Crippen LogP) is 2.80. The minimum Gasteiger partial charge on any atom is -0.366 e. The van der Waals surface area contributed by atoms with Gasteiger partial charge in [-0.3, -0.25) is 19.3 Å². The zero-order valence-electron chi connectivity index (χ0n) is 14.3. The molecule has 1 heterocycles. The molecule has 0 unspecified atom stereocenters. The molecule has 1 saturated heterocycles. The first kappa shape index (κ1) is 18.8. The van der Waals surface area contributed by atoms with Gasteiger partial charge in [-0.1, -0.05) is 17.7 Å². The van der Waals surface area contributed by atoms with Crippen LogP contribution in [0.4, 0.5) is 10.1 Å². The van der Waals surface area contributed by atoms with E-state index in [0.29, 0.717) is 25.1 Å². The molecule has 1 aliphatic rings. The van der Waals surface area contributed by atoms with Crippen LogP contribution in [0.1, 0.15) is 33.6 Å². The highest BCUT2D eigenvalue weighted by Crippen LogP contribution is 2.25. The van der Waals surface area contributed by atoms with E-state index in [1.165, 1.54) is 46.2 Å². The lowest BCUT2D eigenvalue weighted by Gasteiger charge is -2.28. The SMILES string of the molecule is NC(=O)c1ccc(N(CN2CCCC2=O)C(=O)c2c(F)cccc2Cl)cc1. The van der Waals surface area contributed by atoms with Gasteiger partial charge >= 0.3 is 0 Å². The van der Waals surface area contributed by atoms with Gasteiger partial charge in [0.25, 0.3) is 5.91 Å². The van der Waals surface area contributed by atoms with Crippen molar-refractivity contribution in [1.29, 1.82) is 0 Å². The summed E-state index contributed by atoms with van der Waals surface area (Å²) in [4.78, 5) is 39.1. The quantitative estimate of drug-likeness (QED) is 0.853. The fourth-order valence-electron chi connectivity index (χ4n) is 2.93. The van der Waals surface area contributed by atoms with Gasteiger partial charge in [-0.15, -0.1) is 0 Å². The first-order chi connectivity index (χ1) is 12.9. The Morgan fingerprint density at radius 1 is 1.19 bits per heavy atom. The summed E-state index contributed by atoms with van der Waals surface area (Å²) < 4.78 is 14.3. The maximum absolute atomic E-state index is 14.3. The van der Waals surface area contributed by atoms with E-state index in [9.17, 15) is 18.8 Å². The highest BCUT2D eigenvalue weighted by molar-refractivity contribution is 6.34. The van der Waals surface area contributed by atoms with E-state index >= 15 is 0 Å². The topological polar surface area (TPSA) is 83.7 Å². The van der Waals surface area contributed by atoms with Crippen molar-refractivity contribution in [2.75, 3.05) is 18.1 Å². The van der Waals surface area contributed by atoms with Gasteiger partial charge in [-0.05, 0) is 42.8 Å². The normalized spacial score (nSPS) is 13.7. The smallest absolute Gasteiger partial charge is 0.264 e. The fraction of sp³-hybridized carbons (Fsp3) is 0.211. The first-order valence-corrected chi connectivity index (χ1v) is 8.70. The monoisotopic (exact) mass is 389 g/mol. The van der Waals surface area contributed by atoms with E-state index in [4.69, 9.17) is 17.3 Å². The van der Waals surface area contributed by atoms with Crippen LogP contribution in [0.15, 0.2) is 42.5 Å². The molecular weight excluding hydrogens is 373 g/mol. The zero-order valence-corrected chi connectivity index (χ0v) is 15.1. The summed E-state index contributed by atoms with van der Waals surface area (Å²) in [6.07, 6.45) is 1.10. The molecule has 2 N–H and O–H groups in total. The van der Waals surface area contributed by atoms with Crippen molar-refractivity contribution >= 4 is 35.0 Å². The van der Waals surface area contributed by atoms with Gasteiger partial charge in [-0.2, -0.15) is 0 Å². The third-order valence-electron chi connectivity index (χ3n) is 4.37. The van der Waals surface area contributed by atoms with Crippen molar-refractivity contribution in [3.8, 4) is 0 Å². The maximum Gasteiger partial charge on any atom is 0.264 e. The van der Waals surface area contributed by atoms with Crippen LogP contribution in [0.5, 0.6) is 0 Å². The number of halogens is 2. The lowest BCUT2D eigenvalue weighted by molar-refractivity contribution is -0.127. The first-order valence-electron chi connectivity index (χ1n) is 8.32. The number of likely N-dealkylation sites (tertiary alicyclic amines) is 1. The largest absolute Gasteiger partial charge is 0.366 e. The number of nitrogens with zero attached hydrogens (tertiary/aromatic N) is 2. The molecular formula is C19H17ClFN3O3. The van der Waals surface area contributed by atoms with E-state index in [1.54, 1.807) is 0 Å². The maximum atomic E-state index is 14.3. The number of benzene rings is 2. The van der Waals surface area contributed by atoms with Crippen LogP contribution in [0.2, 0.25) is 5.02 Å². The van der Waals surface area contributed by atoms with Gasteiger partial charge in [0.2, 0.25) is 11.8 Å². The third-order valence-corrected chi connectivity index (χ3v) is 4.68. The fourth-order valence-corrected chi connectivity index (χ4v) is 3.17. The molecule has 0 atom stereocenters. The van der Waals surface area contributed by atoms with Crippen molar-refractivity contribution in [1.82, 2.24) is 4.90 Å². The second-order valence-corrected chi connectivity index (χ2v) is 6.55. The number of nitrogens with two attached hydrogens (primary N) is 1. The van der Waals surface area contributed by atoms with Gasteiger partial charge in [0.1, 0.15) is 12.5 Å². The molecule has 0 aliphatic carbocycles. The Balaban J connectivity index is 2.00. The average Bonchev–Trinajstić information content (AvgIpc) is 3.04. The summed E-state index contributed by atoms with van der Waals surface area (Å²) in [6, 6.07) is 9.95. The van der Waals surface area contributed by atoms with Gasteiger partial charge < -0.3 is 10.6 Å². The van der Waals surface area contributed by atoms with E-state index in [-0.39, 0.29) is 28.7 Å². The number of anilines is 1. The lowest BCUT2D eigenvalue weighted by atomic mass is 10.1. The van der Waals surface area contributed by atoms with Crippen molar-refractivity contribution in [3.63, 3.8) is 0 Å². The number of carbonyl (C=O) groups excluding carboxylic acids is 3. The summed E-state index contributed by atoms with van der Waals surface area (Å²) in [5.74, 6) is -2.11. The van der Waals surface area contributed by atoms with E-state index < -0.39 is 17.6 Å². The van der Waals surface area contributed by atoms with Gasteiger partial charge in [0, 0.05) is 24.2 Å². The molecule has 3 amide bonds. The number of rotatable bonds is 5. The summed E-state index contributed by atoms with van der Waals surface area (Å²) in [5.41, 5.74) is 5.63.